The zero-order valence-electron chi connectivity index (χ0n) is 12.2. The molecule has 0 atom stereocenters. The van der Waals surface area contributed by atoms with Gasteiger partial charge in [0.15, 0.2) is 0 Å². The summed E-state index contributed by atoms with van der Waals surface area (Å²) in [5.74, 6) is 0. The summed E-state index contributed by atoms with van der Waals surface area (Å²) >= 11 is 0. The highest BCUT2D eigenvalue weighted by Crippen LogP contribution is 2.21. The van der Waals surface area contributed by atoms with Gasteiger partial charge in [0.05, 0.1) is 0 Å². The molecule has 0 unspecified atom stereocenters. The lowest BCUT2D eigenvalue weighted by Gasteiger charge is -2.25. The Morgan fingerprint density at radius 3 is 2.58 bits per heavy atom. The van der Waals surface area contributed by atoms with E-state index >= 15 is 0 Å². The van der Waals surface area contributed by atoms with E-state index in [0.717, 1.165) is 38.3 Å². The van der Waals surface area contributed by atoms with E-state index in [1.807, 2.05) is 25.3 Å². The summed E-state index contributed by atoms with van der Waals surface area (Å²) in [6.45, 7) is 15.4. The molecule has 1 aromatic heterocycles. The molecule has 0 fully saturated rings. The Morgan fingerprint density at radius 2 is 2.00 bits per heavy atom. The summed E-state index contributed by atoms with van der Waals surface area (Å²) in [6, 6.07) is 2.13. The fourth-order valence-electron chi connectivity index (χ4n) is 1.99. The number of anilines is 1. The molecule has 0 aromatic carbocycles. The zero-order chi connectivity index (χ0) is 14.1. The highest BCUT2D eigenvalue weighted by molar-refractivity contribution is 5.54. The molecule has 104 valence electrons. The van der Waals surface area contributed by atoms with Crippen LogP contribution in [0.4, 0.5) is 5.69 Å². The standard InChI is InChI=1S/C16H25N3/c1-5-8-17-12-15-13-18-14(4)11-16(15)19(9-6-2)10-7-3/h6-7,11,13,17H,2-3,5,8-10,12H2,1,4H3. The first-order chi connectivity index (χ1) is 9.22. The molecule has 1 aromatic rings. The molecule has 0 aliphatic heterocycles. The third-order valence-corrected chi connectivity index (χ3v) is 2.88. The van der Waals surface area contributed by atoms with Gasteiger partial charge in [-0.3, -0.25) is 4.98 Å². The van der Waals surface area contributed by atoms with Crippen molar-refractivity contribution in [2.24, 2.45) is 0 Å². The minimum atomic E-state index is 0.816. The third kappa shape index (κ3) is 4.87. The summed E-state index contributed by atoms with van der Waals surface area (Å²) < 4.78 is 0. The van der Waals surface area contributed by atoms with Crippen LogP contribution in [0.25, 0.3) is 0 Å². The van der Waals surface area contributed by atoms with Gasteiger partial charge in [-0.15, -0.1) is 13.2 Å². The highest BCUT2D eigenvalue weighted by atomic mass is 15.1. The van der Waals surface area contributed by atoms with Crippen LogP contribution in [0.3, 0.4) is 0 Å². The number of nitrogens with one attached hydrogen (secondary N) is 1. The number of hydrogen-bond acceptors (Lipinski definition) is 3. The van der Waals surface area contributed by atoms with E-state index in [4.69, 9.17) is 0 Å². The van der Waals surface area contributed by atoms with Crippen LogP contribution in [0.2, 0.25) is 0 Å². The zero-order valence-corrected chi connectivity index (χ0v) is 12.2. The molecule has 0 spiro atoms. The van der Waals surface area contributed by atoms with Crippen LogP contribution < -0.4 is 10.2 Å². The molecule has 0 saturated heterocycles. The minimum Gasteiger partial charge on any atom is -0.364 e. The first-order valence-corrected chi connectivity index (χ1v) is 6.85. The second-order valence-electron chi connectivity index (χ2n) is 4.61. The van der Waals surface area contributed by atoms with E-state index in [2.05, 4.69) is 41.3 Å². The fourth-order valence-corrected chi connectivity index (χ4v) is 1.99. The van der Waals surface area contributed by atoms with E-state index in [-0.39, 0.29) is 0 Å². The van der Waals surface area contributed by atoms with Gasteiger partial charge in [-0.2, -0.15) is 0 Å². The van der Waals surface area contributed by atoms with Crippen LogP contribution in [-0.4, -0.2) is 24.6 Å². The Balaban J connectivity index is 2.95. The molecule has 3 heteroatoms. The summed E-state index contributed by atoms with van der Waals surface area (Å²) in [5, 5.41) is 3.43. The summed E-state index contributed by atoms with van der Waals surface area (Å²) in [7, 11) is 0. The van der Waals surface area contributed by atoms with Crippen LogP contribution in [0.15, 0.2) is 37.6 Å². The highest BCUT2D eigenvalue weighted by Gasteiger charge is 2.10. The van der Waals surface area contributed by atoms with Crippen molar-refractivity contribution >= 4 is 5.69 Å². The van der Waals surface area contributed by atoms with Crippen LogP contribution in [0.1, 0.15) is 24.6 Å². The number of rotatable bonds is 9. The van der Waals surface area contributed by atoms with Gasteiger partial charge in [-0.1, -0.05) is 19.1 Å². The number of pyridine rings is 1. The second-order valence-corrected chi connectivity index (χ2v) is 4.61. The minimum absolute atomic E-state index is 0.816. The summed E-state index contributed by atoms with van der Waals surface area (Å²) in [5.41, 5.74) is 3.48. The fraction of sp³-hybridized carbons (Fsp3) is 0.438. The van der Waals surface area contributed by atoms with Crippen molar-refractivity contribution in [1.82, 2.24) is 10.3 Å². The maximum Gasteiger partial charge on any atom is 0.0451 e. The first-order valence-electron chi connectivity index (χ1n) is 6.85. The number of hydrogen-bond donors (Lipinski definition) is 1. The van der Waals surface area contributed by atoms with Crippen LogP contribution >= 0.6 is 0 Å². The average Bonchev–Trinajstić information content (AvgIpc) is 2.40. The predicted octanol–water partition coefficient (Wildman–Crippen LogP) is 3.07. The molecule has 1 heterocycles. The van der Waals surface area contributed by atoms with Crippen molar-refractivity contribution < 1.29 is 0 Å². The Morgan fingerprint density at radius 1 is 1.32 bits per heavy atom. The Hall–Kier alpha value is -1.61. The molecule has 0 aliphatic carbocycles. The Labute approximate surface area is 117 Å². The molecule has 1 rings (SSSR count). The maximum absolute atomic E-state index is 4.40. The van der Waals surface area contributed by atoms with E-state index in [1.54, 1.807) is 0 Å². The monoisotopic (exact) mass is 259 g/mol. The second kappa shape index (κ2) is 8.48. The average molecular weight is 259 g/mol. The smallest absolute Gasteiger partial charge is 0.0451 e. The topological polar surface area (TPSA) is 28.2 Å². The van der Waals surface area contributed by atoms with Crippen molar-refractivity contribution in [2.45, 2.75) is 26.8 Å². The van der Waals surface area contributed by atoms with Crippen molar-refractivity contribution in [3.8, 4) is 0 Å². The molecule has 3 nitrogen and oxygen atoms in total. The molecular formula is C16H25N3. The molecule has 0 radical (unpaired) electrons. The lowest BCUT2D eigenvalue weighted by molar-refractivity contribution is 0.672. The maximum atomic E-state index is 4.40. The number of aryl methyl sites for hydroxylation is 1. The van der Waals surface area contributed by atoms with Crippen molar-refractivity contribution in [3.05, 3.63) is 48.8 Å². The first kappa shape index (κ1) is 15.4. The van der Waals surface area contributed by atoms with Gasteiger partial charge in [-0.05, 0) is 26.0 Å². The van der Waals surface area contributed by atoms with Crippen LogP contribution in [-0.2, 0) is 6.54 Å². The van der Waals surface area contributed by atoms with Crippen LogP contribution in [0.5, 0.6) is 0 Å². The van der Waals surface area contributed by atoms with Crippen molar-refractivity contribution in [1.29, 1.82) is 0 Å². The van der Waals surface area contributed by atoms with Crippen molar-refractivity contribution in [2.75, 3.05) is 24.5 Å². The molecule has 0 aliphatic rings. The number of nitrogens with zero attached hydrogens (tertiary/aromatic N) is 2. The lowest BCUT2D eigenvalue weighted by atomic mass is 10.1. The van der Waals surface area contributed by atoms with Crippen LogP contribution in [0, 0.1) is 6.92 Å². The van der Waals surface area contributed by atoms with E-state index in [1.165, 1.54) is 11.3 Å². The summed E-state index contributed by atoms with van der Waals surface area (Å²) in [4.78, 5) is 6.66. The van der Waals surface area contributed by atoms with Gasteiger partial charge in [0.1, 0.15) is 0 Å². The van der Waals surface area contributed by atoms with Gasteiger partial charge < -0.3 is 10.2 Å². The van der Waals surface area contributed by atoms with E-state index in [9.17, 15) is 0 Å². The Bertz CT molecular complexity index is 402. The van der Waals surface area contributed by atoms with Gasteiger partial charge >= 0.3 is 0 Å². The molecule has 19 heavy (non-hydrogen) atoms. The lowest BCUT2D eigenvalue weighted by Crippen LogP contribution is -2.26. The summed E-state index contributed by atoms with van der Waals surface area (Å²) in [6.07, 6.45) is 6.94. The predicted molar refractivity (Wildman–Crippen MR) is 83.6 cm³/mol. The number of aromatic nitrogens is 1. The van der Waals surface area contributed by atoms with Gasteiger partial charge in [0.25, 0.3) is 0 Å². The normalized spacial score (nSPS) is 10.2. The van der Waals surface area contributed by atoms with Gasteiger partial charge in [-0.25, -0.2) is 0 Å². The third-order valence-electron chi connectivity index (χ3n) is 2.88. The van der Waals surface area contributed by atoms with Gasteiger partial charge in [0.2, 0.25) is 0 Å². The molecule has 0 saturated carbocycles. The van der Waals surface area contributed by atoms with Crippen molar-refractivity contribution in [3.63, 3.8) is 0 Å². The van der Waals surface area contributed by atoms with E-state index in [0.29, 0.717) is 0 Å². The van der Waals surface area contributed by atoms with Gasteiger partial charge in [0, 0.05) is 42.8 Å². The SMILES string of the molecule is C=CCN(CC=C)c1cc(C)ncc1CNCCC. The Kier molecular flexibility index (Phi) is 6.90. The largest absolute Gasteiger partial charge is 0.364 e. The molecule has 0 amide bonds. The molecule has 0 bridgehead atoms. The molecular weight excluding hydrogens is 234 g/mol. The quantitative estimate of drug-likeness (QED) is 0.545. The van der Waals surface area contributed by atoms with E-state index < -0.39 is 0 Å². The molecule has 1 N–H and O–H groups in total.